The van der Waals surface area contributed by atoms with E-state index in [4.69, 9.17) is 15.3 Å². The van der Waals surface area contributed by atoms with E-state index in [0.717, 1.165) is 6.42 Å². The molecule has 1 fully saturated rings. The molecule has 0 bridgehead atoms. The molecular formula is C17H28N4O8S. The monoisotopic (exact) mass is 448 g/mol. The van der Waals surface area contributed by atoms with Gasteiger partial charge in [-0.1, -0.05) is 0 Å². The fourth-order valence-corrected chi connectivity index (χ4v) is 3.27. The number of aliphatic carboxylic acids is 2. The zero-order valence-corrected chi connectivity index (χ0v) is 17.4. The van der Waals surface area contributed by atoms with Gasteiger partial charge in [0.1, 0.15) is 18.1 Å². The number of carbonyl (C=O) groups is 5. The Hall–Kier alpha value is -2.38. The molecule has 1 rings (SSSR count). The van der Waals surface area contributed by atoms with E-state index >= 15 is 0 Å². The highest BCUT2D eigenvalue weighted by Gasteiger charge is 2.32. The SMILES string of the molecule is CSCCC(NC(=O)C1CCCN1)C(=O)NC(CC(=O)O)C(=O)NC(CO)C(=O)O. The number of carbonyl (C=O) groups excluding carboxylic acids is 3. The minimum atomic E-state index is -1.65. The van der Waals surface area contributed by atoms with Gasteiger partial charge in [0.05, 0.1) is 19.1 Å². The van der Waals surface area contributed by atoms with E-state index in [9.17, 15) is 24.0 Å². The first kappa shape index (κ1) is 25.7. The molecule has 0 saturated carbocycles. The van der Waals surface area contributed by atoms with Crippen LogP contribution in [0, 0.1) is 0 Å². The molecule has 3 amide bonds. The van der Waals surface area contributed by atoms with Crippen molar-refractivity contribution in [3.63, 3.8) is 0 Å². The number of rotatable bonds is 13. The molecule has 12 nitrogen and oxygen atoms in total. The minimum absolute atomic E-state index is 0.251. The molecule has 13 heteroatoms. The van der Waals surface area contributed by atoms with Crippen molar-refractivity contribution >= 4 is 41.4 Å². The van der Waals surface area contributed by atoms with Crippen LogP contribution in [0.1, 0.15) is 25.7 Å². The number of carboxylic acid groups (broad SMARTS) is 2. The van der Waals surface area contributed by atoms with Crippen LogP contribution < -0.4 is 21.3 Å². The van der Waals surface area contributed by atoms with Crippen molar-refractivity contribution in [2.75, 3.05) is 25.2 Å². The molecule has 170 valence electrons. The largest absolute Gasteiger partial charge is 0.481 e. The molecule has 0 radical (unpaired) electrons. The van der Waals surface area contributed by atoms with Crippen LogP contribution in [-0.4, -0.2) is 94.3 Å². The van der Waals surface area contributed by atoms with Crippen LogP contribution in [0.5, 0.6) is 0 Å². The first-order chi connectivity index (χ1) is 14.2. The molecule has 0 aromatic rings. The molecule has 1 heterocycles. The van der Waals surface area contributed by atoms with Crippen LogP contribution in [-0.2, 0) is 24.0 Å². The molecule has 7 N–H and O–H groups in total. The Morgan fingerprint density at radius 3 is 2.17 bits per heavy atom. The predicted molar refractivity (Wildman–Crippen MR) is 107 cm³/mol. The van der Waals surface area contributed by atoms with Crippen LogP contribution in [0.25, 0.3) is 0 Å². The number of hydrogen-bond acceptors (Lipinski definition) is 8. The Balaban J connectivity index is 2.86. The highest BCUT2D eigenvalue weighted by molar-refractivity contribution is 7.98. The molecule has 0 spiro atoms. The van der Waals surface area contributed by atoms with Gasteiger partial charge in [-0.3, -0.25) is 19.2 Å². The topological polar surface area (TPSA) is 194 Å². The number of carboxylic acids is 2. The Labute approximate surface area is 177 Å². The van der Waals surface area contributed by atoms with Crippen LogP contribution >= 0.6 is 11.8 Å². The van der Waals surface area contributed by atoms with Gasteiger partial charge in [0.2, 0.25) is 17.7 Å². The third-order valence-electron chi connectivity index (χ3n) is 4.43. The van der Waals surface area contributed by atoms with Crippen molar-refractivity contribution in [2.24, 2.45) is 0 Å². The standard InChI is InChI=1S/C17H28N4O8S/c1-30-6-4-10(19-14(25)9-3-2-5-18-9)15(26)20-11(7-13(23)24)16(27)21-12(8-22)17(28)29/h9-12,18,22H,2-8H2,1H3,(H,19,25)(H,20,26)(H,21,27)(H,23,24)(H,28,29). The summed E-state index contributed by atoms with van der Waals surface area (Å²) in [5, 5.41) is 36.9. The Kier molecular flexibility index (Phi) is 11.1. The second-order valence-electron chi connectivity index (χ2n) is 6.73. The third-order valence-corrected chi connectivity index (χ3v) is 5.07. The van der Waals surface area contributed by atoms with E-state index in [1.807, 2.05) is 11.6 Å². The average Bonchev–Trinajstić information content (AvgIpc) is 3.22. The fourth-order valence-electron chi connectivity index (χ4n) is 2.80. The van der Waals surface area contributed by atoms with E-state index < -0.39 is 60.9 Å². The molecule has 0 aliphatic carbocycles. The summed E-state index contributed by atoms with van der Waals surface area (Å²) in [7, 11) is 0. The van der Waals surface area contributed by atoms with Gasteiger partial charge in [0, 0.05) is 0 Å². The molecule has 0 aromatic heterocycles. The molecule has 4 atom stereocenters. The number of hydrogen-bond donors (Lipinski definition) is 7. The lowest BCUT2D eigenvalue weighted by Gasteiger charge is -2.24. The summed E-state index contributed by atoms with van der Waals surface area (Å²) in [5.74, 6) is -4.57. The molecule has 0 aromatic carbocycles. The second-order valence-corrected chi connectivity index (χ2v) is 7.72. The zero-order valence-electron chi connectivity index (χ0n) is 16.6. The van der Waals surface area contributed by atoms with Crippen LogP contribution in [0.15, 0.2) is 0 Å². The van der Waals surface area contributed by atoms with Crippen molar-refractivity contribution in [1.82, 2.24) is 21.3 Å². The first-order valence-corrected chi connectivity index (χ1v) is 10.8. The normalized spacial score (nSPS) is 18.7. The Morgan fingerprint density at radius 2 is 1.67 bits per heavy atom. The predicted octanol–water partition coefficient (Wildman–Crippen LogP) is -2.50. The van der Waals surface area contributed by atoms with Gasteiger partial charge in [0.15, 0.2) is 0 Å². The lowest BCUT2D eigenvalue weighted by molar-refractivity contribution is -0.144. The third kappa shape index (κ3) is 8.55. The average molecular weight is 448 g/mol. The zero-order chi connectivity index (χ0) is 22.7. The summed E-state index contributed by atoms with van der Waals surface area (Å²) >= 11 is 1.44. The van der Waals surface area contributed by atoms with Gasteiger partial charge in [-0.2, -0.15) is 11.8 Å². The van der Waals surface area contributed by atoms with Gasteiger partial charge in [0.25, 0.3) is 0 Å². The molecule has 4 unspecified atom stereocenters. The van der Waals surface area contributed by atoms with E-state index in [0.29, 0.717) is 18.7 Å². The van der Waals surface area contributed by atoms with Crippen molar-refractivity contribution in [3.8, 4) is 0 Å². The Bertz CT molecular complexity index is 641. The summed E-state index contributed by atoms with van der Waals surface area (Å²) < 4.78 is 0. The minimum Gasteiger partial charge on any atom is -0.481 e. The quantitative estimate of drug-likeness (QED) is 0.158. The van der Waals surface area contributed by atoms with E-state index in [2.05, 4.69) is 16.0 Å². The number of aliphatic hydroxyl groups excluding tert-OH is 1. The van der Waals surface area contributed by atoms with Crippen molar-refractivity contribution in [1.29, 1.82) is 0 Å². The van der Waals surface area contributed by atoms with Gasteiger partial charge in [-0.25, -0.2) is 4.79 Å². The molecule has 1 aliphatic heterocycles. The van der Waals surface area contributed by atoms with Crippen molar-refractivity contribution < 1.29 is 39.3 Å². The number of thioether (sulfide) groups is 1. The summed E-state index contributed by atoms with van der Waals surface area (Å²) in [5.41, 5.74) is 0. The van der Waals surface area contributed by atoms with Crippen LogP contribution in [0.2, 0.25) is 0 Å². The maximum Gasteiger partial charge on any atom is 0.328 e. The van der Waals surface area contributed by atoms with E-state index in [1.165, 1.54) is 11.8 Å². The summed E-state index contributed by atoms with van der Waals surface area (Å²) in [6, 6.07) is -4.65. The molecule has 1 saturated heterocycles. The van der Waals surface area contributed by atoms with Crippen molar-refractivity contribution in [2.45, 2.75) is 49.9 Å². The number of amides is 3. The lowest BCUT2D eigenvalue weighted by Crippen LogP contribution is -2.57. The summed E-state index contributed by atoms with van der Waals surface area (Å²) in [6.07, 6.45) is 2.72. The molecule has 30 heavy (non-hydrogen) atoms. The number of nitrogens with one attached hydrogen (secondary N) is 4. The Morgan fingerprint density at radius 1 is 1.03 bits per heavy atom. The summed E-state index contributed by atoms with van der Waals surface area (Å²) in [6.45, 7) is -0.216. The van der Waals surface area contributed by atoms with Crippen molar-refractivity contribution in [3.05, 3.63) is 0 Å². The number of aliphatic hydroxyl groups is 1. The molecule has 1 aliphatic rings. The van der Waals surface area contributed by atoms with Gasteiger partial charge in [-0.15, -0.1) is 0 Å². The van der Waals surface area contributed by atoms with Gasteiger partial charge >= 0.3 is 11.9 Å². The van der Waals surface area contributed by atoms with Crippen LogP contribution in [0.3, 0.4) is 0 Å². The highest BCUT2D eigenvalue weighted by Crippen LogP contribution is 2.08. The maximum atomic E-state index is 12.7. The van der Waals surface area contributed by atoms with Gasteiger partial charge in [-0.05, 0) is 37.8 Å². The fraction of sp³-hybridized carbons (Fsp3) is 0.706. The first-order valence-electron chi connectivity index (χ1n) is 9.38. The van der Waals surface area contributed by atoms with Crippen LogP contribution in [0.4, 0.5) is 0 Å². The van der Waals surface area contributed by atoms with E-state index in [1.54, 1.807) is 0 Å². The summed E-state index contributed by atoms with van der Waals surface area (Å²) in [4.78, 5) is 59.4. The smallest absolute Gasteiger partial charge is 0.328 e. The second kappa shape index (κ2) is 13.0. The van der Waals surface area contributed by atoms with Gasteiger partial charge < -0.3 is 36.6 Å². The lowest BCUT2D eigenvalue weighted by atomic mass is 10.1. The molecular weight excluding hydrogens is 420 g/mol. The maximum absolute atomic E-state index is 12.7. The van der Waals surface area contributed by atoms with E-state index in [-0.39, 0.29) is 12.3 Å². The highest BCUT2D eigenvalue weighted by atomic mass is 32.2.